The quantitative estimate of drug-likeness (QED) is 0.916. The van der Waals surface area contributed by atoms with Gasteiger partial charge < -0.3 is 4.74 Å². The number of fused-ring (bicyclic) bond motifs is 1. The monoisotopic (exact) mass is 324 g/mol. The van der Waals surface area contributed by atoms with Crippen LogP contribution in [0.15, 0.2) is 23.1 Å². The summed E-state index contributed by atoms with van der Waals surface area (Å²) in [5, 5.41) is 0. The lowest BCUT2D eigenvalue weighted by Gasteiger charge is -2.20. The molecule has 2 aliphatic rings. The Labute approximate surface area is 132 Å². The molecule has 5 nitrogen and oxygen atoms in total. The molecule has 122 valence electrons. The van der Waals surface area contributed by atoms with Gasteiger partial charge in [-0.15, -0.1) is 0 Å². The van der Waals surface area contributed by atoms with Crippen molar-refractivity contribution in [2.24, 2.45) is 5.92 Å². The molecule has 2 atom stereocenters. The lowest BCUT2D eigenvalue weighted by molar-refractivity contribution is 0.134. The molecule has 1 fully saturated rings. The van der Waals surface area contributed by atoms with E-state index in [-0.39, 0.29) is 6.04 Å². The Morgan fingerprint density at radius 2 is 1.95 bits per heavy atom. The highest BCUT2D eigenvalue weighted by atomic mass is 32.2. The van der Waals surface area contributed by atoms with E-state index in [0.29, 0.717) is 30.1 Å². The fourth-order valence-corrected chi connectivity index (χ4v) is 4.55. The van der Waals surface area contributed by atoms with E-state index in [9.17, 15) is 8.42 Å². The molecule has 0 saturated carbocycles. The van der Waals surface area contributed by atoms with Gasteiger partial charge in [0.1, 0.15) is 0 Å². The second kappa shape index (κ2) is 5.92. The van der Waals surface area contributed by atoms with E-state index in [0.717, 1.165) is 24.2 Å². The van der Waals surface area contributed by atoms with Gasteiger partial charge in [-0.3, -0.25) is 4.90 Å². The topological polar surface area (TPSA) is 58.6 Å². The molecule has 3 rings (SSSR count). The average molecular weight is 324 g/mol. The minimum atomic E-state index is -3.48. The Bertz CT molecular complexity index is 657. The van der Waals surface area contributed by atoms with Crippen LogP contribution in [0.5, 0.6) is 0 Å². The van der Waals surface area contributed by atoms with Crippen LogP contribution in [0.4, 0.5) is 0 Å². The predicted molar refractivity (Wildman–Crippen MR) is 84.9 cm³/mol. The molecule has 22 heavy (non-hydrogen) atoms. The van der Waals surface area contributed by atoms with Crippen molar-refractivity contribution in [1.29, 1.82) is 0 Å². The number of likely N-dealkylation sites (tertiary alicyclic amines) is 1. The molecular weight excluding hydrogens is 300 g/mol. The minimum absolute atomic E-state index is 0.0306. The van der Waals surface area contributed by atoms with Gasteiger partial charge in [-0.25, -0.2) is 13.1 Å². The van der Waals surface area contributed by atoms with Gasteiger partial charge in [-0.1, -0.05) is 13.0 Å². The number of nitrogens with one attached hydrogen (secondary N) is 1. The lowest BCUT2D eigenvalue weighted by Crippen LogP contribution is -2.40. The highest BCUT2D eigenvalue weighted by molar-refractivity contribution is 7.89. The first-order valence-corrected chi connectivity index (χ1v) is 9.31. The maximum atomic E-state index is 12.6. The third-order valence-corrected chi connectivity index (χ3v) is 6.17. The highest BCUT2D eigenvalue weighted by Crippen LogP contribution is 2.25. The van der Waals surface area contributed by atoms with Gasteiger partial charge >= 0.3 is 0 Å². The van der Waals surface area contributed by atoms with Crippen LogP contribution >= 0.6 is 0 Å². The van der Waals surface area contributed by atoms with Crippen molar-refractivity contribution < 1.29 is 13.2 Å². The fraction of sp³-hybridized carbons (Fsp3) is 0.625. The second-order valence-corrected chi connectivity index (χ2v) is 8.39. The van der Waals surface area contributed by atoms with Gasteiger partial charge in [0.25, 0.3) is 0 Å². The van der Waals surface area contributed by atoms with E-state index < -0.39 is 10.0 Å². The summed E-state index contributed by atoms with van der Waals surface area (Å²) >= 11 is 0. The maximum Gasteiger partial charge on any atom is 0.240 e. The molecule has 0 bridgehead atoms. The van der Waals surface area contributed by atoms with Gasteiger partial charge in [0.2, 0.25) is 10.0 Å². The minimum Gasteiger partial charge on any atom is -0.372 e. The smallest absolute Gasteiger partial charge is 0.240 e. The zero-order valence-electron chi connectivity index (χ0n) is 13.4. The Hall–Kier alpha value is -0.950. The zero-order chi connectivity index (χ0) is 15.9. The van der Waals surface area contributed by atoms with E-state index in [1.807, 2.05) is 6.07 Å². The lowest BCUT2D eigenvalue weighted by atomic mass is 10.1. The Morgan fingerprint density at radius 1 is 1.23 bits per heavy atom. The molecule has 0 unspecified atom stereocenters. The molecule has 0 radical (unpaired) electrons. The molecule has 1 N–H and O–H groups in total. The van der Waals surface area contributed by atoms with Gasteiger partial charge in [0, 0.05) is 25.2 Å². The molecule has 6 heteroatoms. The van der Waals surface area contributed by atoms with Gasteiger partial charge in [-0.2, -0.15) is 0 Å². The molecule has 1 aromatic carbocycles. The summed E-state index contributed by atoms with van der Waals surface area (Å²) in [4.78, 5) is 2.65. The molecule has 2 aliphatic heterocycles. The Kier molecular flexibility index (Phi) is 4.29. The first kappa shape index (κ1) is 15.9. The van der Waals surface area contributed by atoms with Crippen LogP contribution in [-0.4, -0.2) is 38.5 Å². The summed E-state index contributed by atoms with van der Waals surface area (Å²) in [6.07, 6.45) is 0. The average Bonchev–Trinajstić information content (AvgIpc) is 3.05. The number of rotatable bonds is 4. The molecule has 0 amide bonds. The van der Waals surface area contributed by atoms with E-state index in [2.05, 4.69) is 30.4 Å². The van der Waals surface area contributed by atoms with E-state index in [1.165, 1.54) is 0 Å². The molecule has 1 aromatic rings. The molecule has 0 aliphatic carbocycles. The second-order valence-electron chi connectivity index (χ2n) is 6.68. The van der Waals surface area contributed by atoms with Crippen molar-refractivity contribution in [3.63, 3.8) is 0 Å². The molecular formula is C16H24N2O3S. The van der Waals surface area contributed by atoms with Crippen LogP contribution in [0.3, 0.4) is 0 Å². The van der Waals surface area contributed by atoms with E-state index >= 15 is 0 Å². The van der Waals surface area contributed by atoms with Gasteiger partial charge in [0.15, 0.2) is 0 Å². The largest absolute Gasteiger partial charge is 0.372 e. The van der Waals surface area contributed by atoms with Crippen LogP contribution in [0.1, 0.15) is 31.9 Å². The van der Waals surface area contributed by atoms with Gasteiger partial charge in [-0.05, 0) is 43.0 Å². The summed E-state index contributed by atoms with van der Waals surface area (Å²) in [6.45, 7) is 9.17. The van der Waals surface area contributed by atoms with Crippen molar-refractivity contribution in [3.8, 4) is 0 Å². The summed E-state index contributed by atoms with van der Waals surface area (Å²) in [7, 11) is -3.48. The van der Waals surface area contributed by atoms with Crippen LogP contribution < -0.4 is 4.72 Å². The van der Waals surface area contributed by atoms with Crippen LogP contribution in [0, 0.1) is 5.92 Å². The fourth-order valence-electron chi connectivity index (χ4n) is 3.16. The number of ether oxygens (including phenoxy) is 1. The number of hydrogen-bond acceptors (Lipinski definition) is 4. The van der Waals surface area contributed by atoms with E-state index in [1.54, 1.807) is 12.1 Å². The zero-order valence-corrected chi connectivity index (χ0v) is 14.2. The van der Waals surface area contributed by atoms with Crippen molar-refractivity contribution in [1.82, 2.24) is 9.62 Å². The van der Waals surface area contributed by atoms with Crippen molar-refractivity contribution in [2.45, 2.75) is 51.0 Å². The van der Waals surface area contributed by atoms with Crippen molar-refractivity contribution in [3.05, 3.63) is 29.3 Å². The summed E-state index contributed by atoms with van der Waals surface area (Å²) < 4.78 is 33.5. The SMILES string of the molecule is CC(C)N1C[C@H](NS(=O)(=O)c2ccc3c(c2)COC3)[C@@H](C)C1. The highest BCUT2D eigenvalue weighted by Gasteiger charge is 2.34. The standard InChI is InChI=1S/C16H24N2O3S/c1-11(2)18-7-12(3)16(8-18)17-22(19,20)15-5-4-13-9-21-10-14(13)6-15/h4-6,11-12,16-17H,7-10H2,1-3H3/t12-,16-/m0/s1. The van der Waals surface area contributed by atoms with Crippen molar-refractivity contribution >= 4 is 10.0 Å². The van der Waals surface area contributed by atoms with E-state index in [4.69, 9.17) is 4.74 Å². The summed E-state index contributed by atoms with van der Waals surface area (Å²) in [6, 6.07) is 5.68. The van der Waals surface area contributed by atoms with Crippen molar-refractivity contribution in [2.75, 3.05) is 13.1 Å². The van der Waals surface area contributed by atoms with Crippen LogP contribution in [0.2, 0.25) is 0 Å². The predicted octanol–water partition coefficient (Wildman–Crippen LogP) is 1.72. The molecule has 2 heterocycles. The normalized spacial score (nSPS) is 25.8. The Morgan fingerprint density at radius 3 is 2.64 bits per heavy atom. The number of hydrogen-bond donors (Lipinski definition) is 1. The Balaban J connectivity index is 1.76. The molecule has 0 aromatic heterocycles. The van der Waals surface area contributed by atoms with Crippen LogP contribution in [-0.2, 0) is 28.0 Å². The molecule has 0 spiro atoms. The number of sulfonamides is 1. The van der Waals surface area contributed by atoms with Gasteiger partial charge in [0.05, 0.1) is 18.1 Å². The maximum absolute atomic E-state index is 12.6. The third-order valence-electron chi connectivity index (χ3n) is 4.68. The number of benzene rings is 1. The third kappa shape index (κ3) is 3.06. The first-order valence-electron chi connectivity index (χ1n) is 7.83. The first-order chi connectivity index (χ1) is 10.4. The number of nitrogens with zero attached hydrogens (tertiary/aromatic N) is 1. The van der Waals surface area contributed by atoms with Crippen LogP contribution in [0.25, 0.3) is 0 Å². The summed E-state index contributed by atoms with van der Waals surface area (Å²) in [5.74, 6) is 0.315. The molecule has 1 saturated heterocycles. The summed E-state index contributed by atoms with van der Waals surface area (Å²) in [5.41, 5.74) is 2.06.